The number of fused-ring (bicyclic) bond motifs is 1. The molecule has 2 aromatic heterocycles. The van der Waals surface area contributed by atoms with Crippen LogP contribution in [0.3, 0.4) is 0 Å². The van der Waals surface area contributed by atoms with Gasteiger partial charge < -0.3 is 24.5 Å². The van der Waals surface area contributed by atoms with E-state index in [-0.39, 0.29) is 24.0 Å². The highest BCUT2D eigenvalue weighted by atomic mass is 127. The first-order valence-corrected chi connectivity index (χ1v) is 9.30. The first-order chi connectivity index (χ1) is 12.8. The Morgan fingerprint density at radius 2 is 2.30 bits per heavy atom. The second-order valence-corrected chi connectivity index (χ2v) is 6.64. The normalized spacial score (nSPS) is 17.1. The molecular formula is C19H30IN5O2. The van der Waals surface area contributed by atoms with E-state index in [1.165, 1.54) is 5.69 Å². The smallest absolute Gasteiger partial charge is 0.191 e. The van der Waals surface area contributed by atoms with Gasteiger partial charge in [0.1, 0.15) is 5.65 Å². The van der Waals surface area contributed by atoms with Crippen LogP contribution in [0.15, 0.2) is 29.4 Å². The van der Waals surface area contributed by atoms with Gasteiger partial charge in [0.25, 0.3) is 0 Å². The van der Waals surface area contributed by atoms with E-state index < -0.39 is 0 Å². The van der Waals surface area contributed by atoms with Gasteiger partial charge in [0, 0.05) is 44.6 Å². The van der Waals surface area contributed by atoms with E-state index in [1.54, 1.807) is 7.05 Å². The summed E-state index contributed by atoms with van der Waals surface area (Å²) in [6.45, 7) is 6.82. The molecule has 1 aliphatic rings. The van der Waals surface area contributed by atoms with Gasteiger partial charge in [-0.05, 0) is 31.9 Å². The Morgan fingerprint density at radius 1 is 1.41 bits per heavy atom. The van der Waals surface area contributed by atoms with Crippen molar-refractivity contribution in [1.82, 2.24) is 20.0 Å². The zero-order valence-electron chi connectivity index (χ0n) is 16.1. The Hall–Kier alpha value is -1.39. The molecule has 0 saturated carbocycles. The minimum Gasteiger partial charge on any atom is -0.381 e. The maximum absolute atomic E-state index is 5.71. The number of nitrogens with one attached hydrogen (secondary N) is 2. The molecule has 1 aliphatic heterocycles. The van der Waals surface area contributed by atoms with E-state index >= 15 is 0 Å². The molecule has 0 amide bonds. The van der Waals surface area contributed by atoms with E-state index in [4.69, 9.17) is 9.47 Å². The van der Waals surface area contributed by atoms with Crippen LogP contribution < -0.4 is 10.6 Å². The van der Waals surface area contributed by atoms with Gasteiger partial charge in [-0.1, -0.05) is 6.07 Å². The average Bonchev–Trinajstić information content (AvgIpc) is 3.30. The fraction of sp³-hybridized carbons (Fsp3) is 0.579. The molecule has 1 atom stereocenters. The number of aliphatic imine (C=N–C) groups is 1. The third-order valence-electron chi connectivity index (χ3n) is 4.54. The van der Waals surface area contributed by atoms with Crippen molar-refractivity contribution in [3.05, 3.63) is 35.8 Å². The Labute approximate surface area is 178 Å². The molecule has 3 rings (SSSR count). The zero-order chi connectivity index (χ0) is 18.2. The number of aryl methyl sites for hydroxylation is 1. The molecular weight excluding hydrogens is 457 g/mol. The molecule has 0 aromatic carbocycles. The summed E-state index contributed by atoms with van der Waals surface area (Å²) in [5.74, 6) is 1.36. The lowest BCUT2D eigenvalue weighted by molar-refractivity contribution is 0.0888. The molecule has 0 spiro atoms. The number of ether oxygens (including phenoxy) is 2. The van der Waals surface area contributed by atoms with Crippen molar-refractivity contribution in [2.45, 2.75) is 26.3 Å². The summed E-state index contributed by atoms with van der Waals surface area (Å²) in [5, 5.41) is 6.62. The van der Waals surface area contributed by atoms with Crippen LogP contribution in [0.4, 0.5) is 0 Å². The molecule has 0 aliphatic carbocycles. The Morgan fingerprint density at radius 3 is 3.04 bits per heavy atom. The van der Waals surface area contributed by atoms with E-state index in [0.717, 1.165) is 63.1 Å². The fourth-order valence-corrected chi connectivity index (χ4v) is 3.02. The van der Waals surface area contributed by atoms with Gasteiger partial charge in [0.05, 0.1) is 25.5 Å². The topological polar surface area (TPSA) is 72.2 Å². The maximum Gasteiger partial charge on any atom is 0.191 e. The summed E-state index contributed by atoms with van der Waals surface area (Å²) in [7, 11) is 1.78. The van der Waals surface area contributed by atoms with Crippen LogP contribution in [0.5, 0.6) is 0 Å². The first kappa shape index (κ1) is 21.9. The van der Waals surface area contributed by atoms with E-state index in [2.05, 4.69) is 44.2 Å². The van der Waals surface area contributed by atoms with Gasteiger partial charge in [0.2, 0.25) is 0 Å². The van der Waals surface area contributed by atoms with Crippen LogP contribution in [0, 0.1) is 12.8 Å². The second kappa shape index (κ2) is 11.5. The van der Waals surface area contributed by atoms with Crippen LogP contribution in [-0.2, 0) is 16.0 Å². The summed E-state index contributed by atoms with van der Waals surface area (Å²) in [5.41, 5.74) is 3.13. The Kier molecular flexibility index (Phi) is 9.29. The minimum atomic E-state index is 0. The molecule has 1 fully saturated rings. The summed E-state index contributed by atoms with van der Waals surface area (Å²) in [6, 6.07) is 6.12. The van der Waals surface area contributed by atoms with Crippen LogP contribution in [-0.4, -0.2) is 55.4 Å². The summed E-state index contributed by atoms with van der Waals surface area (Å²) in [6.07, 6.45) is 4.13. The highest BCUT2D eigenvalue weighted by molar-refractivity contribution is 14.0. The molecule has 3 heterocycles. The lowest BCUT2D eigenvalue weighted by Crippen LogP contribution is -2.37. The quantitative estimate of drug-likeness (QED) is 0.259. The lowest BCUT2D eigenvalue weighted by atomic mass is 10.1. The van der Waals surface area contributed by atoms with Gasteiger partial charge in [-0.15, -0.1) is 24.0 Å². The monoisotopic (exact) mass is 487 g/mol. The van der Waals surface area contributed by atoms with Crippen LogP contribution in [0.25, 0.3) is 5.65 Å². The van der Waals surface area contributed by atoms with Gasteiger partial charge in [0.15, 0.2) is 5.96 Å². The molecule has 150 valence electrons. The van der Waals surface area contributed by atoms with Crippen LogP contribution in [0.2, 0.25) is 0 Å². The molecule has 1 saturated heterocycles. The predicted octanol–water partition coefficient (Wildman–Crippen LogP) is 2.37. The molecule has 1 unspecified atom stereocenters. The van der Waals surface area contributed by atoms with Crippen LogP contribution >= 0.6 is 24.0 Å². The summed E-state index contributed by atoms with van der Waals surface area (Å²) >= 11 is 0. The molecule has 2 N–H and O–H groups in total. The van der Waals surface area contributed by atoms with Crippen molar-refractivity contribution in [1.29, 1.82) is 0 Å². The van der Waals surface area contributed by atoms with Gasteiger partial charge in [-0.2, -0.15) is 0 Å². The summed E-state index contributed by atoms with van der Waals surface area (Å²) in [4.78, 5) is 8.88. The Bertz CT molecular complexity index is 728. The van der Waals surface area contributed by atoms with Gasteiger partial charge in [-0.25, -0.2) is 4.98 Å². The minimum absolute atomic E-state index is 0. The van der Waals surface area contributed by atoms with E-state index in [1.807, 2.05) is 12.1 Å². The lowest BCUT2D eigenvalue weighted by Gasteiger charge is -2.12. The van der Waals surface area contributed by atoms with Crippen molar-refractivity contribution in [3.8, 4) is 0 Å². The molecule has 7 nitrogen and oxygen atoms in total. The molecule has 8 heteroatoms. The maximum atomic E-state index is 5.71. The average molecular weight is 487 g/mol. The number of hydrogen-bond acceptors (Lipinski definition) is 4. The number of imidazole rings is 1. The number of hydrogen-bond donors (Lipinski definition) is 2. The zero-order valence-corrected chi connectivity index (χ0v) is 18.4. The van der Waals surface area contributed by atoms with Crippen molar-refractivity contribution in [2.24, 2.45) is 10.9 Å². The van der Waals surface area contributed by atoms with Gasteiger partial charge >= 0.3 is 0 Å². The molecule has 27 heavy (non-hydrogen) atoms. The number of rotatable bonds is 8. The Balaban J connectivity index is 0.00000261. The highest BCUT2D eigenvalue weighted by Gasteiger charge is 2.15. The highest BCUT2D eigenvalue weighted by Crippen LogP contribution is 2.12. The van der Waals surface area contributed by atoms with Crippen LogP contribution in [0.1, 0.15) is 24.2 Å². The van der Waals surface area contributed by atoms with E-state index in [9.17, 15) is 0 Å². The standard InChI is InChI=1S/C19H29N5O2.HI/c1-15-5-3-6-18-23-17(12-24(15)18)11-22-19(20-2)21-8-4-9-25-13-16-7-10-26-14-16;/h3,5-6,12,16H,4,7-11,13-14H2,1-2H3,(H2,20,21,22);1H. The summed E-state index contributed by atoms with van der Waals surface area (Å²) < 4.78 is 13.2. The molecule has 0 radical (unpaired) electrons. The van der Waals surface area contributed by atoms with Gasteiger partial charge in [-0.3, -0.25) is 4.99 Å². The number of nitrogens with zero attached hydrogens (tertiary/aromatic N) is 3. The number of aromatic nitrogens is 2. The third kappa shape index (κ3) is 6.62. The fourth-order valence-electron chi connectivity index (χ4n) is 3.02. The van der Waals surface area contributed by atoms with Crippen molar-refractivity contribution >= 4 is 35.6 Å². The van der Waals surface area contributed by atoms with E-state index in [0.29, 0.717) is 12.5 Å². The molecule has 0 bridgehead atoms. The third-order valence-corrected chi connectivity index (χ3v) is 4.54. The van der Waals surface area contributed by atoms with Crippen molar-refractivity contribution in [2.75, 3.05) is 40.0 Å². The SMILES string of the molecule is CN=C(NCCCOCC1CCOC1)NCc1cn2c(C)cccc2n1.I. The second-order valence-electron chi connectivity index (χ2n) is 6.64. The number of halogens is 1. The number of guanidine groups is 1. The molecule has 2 aromatic rings. The predicted molar refractivity (Wildman–Crippen MR) is 118 cm³/mol. The number of pyridine rings is 1. The largest absolute Gasteiger partial charge is 0.381 e. The first-order valence-electron chi connectivity index (χ1n) is 9.30. The van der Waals surface area contributed by atoms with Crippen molar-refractivity contribution < 1.29 is 9.47 Å². The van der Waals surface area contributed by atoms with Crippen molar-refractivity contribution in [3.63, 3.8) is 0 Å².